The molecule has 0 fully saturated rings. The Bertz CT molecular complexity index is 794. The first-order valence-corrected chi connectivity index (χ1v) is 6.99. The van der Waals surface area contributed by atoms with Crippen molar-refractivity contribution in [1.82, 2.24) is 10.2 Å². The number of carboxylic acid groups (broad SMARTS) is 1. The Morgan fingerprint density at radius 2 is 1.86 bits per heavy atom. The standard InChI is InChI=1S/C11H10N4O5S/c12-10(16)6-1-3-7(4-2-6)21(19,20)15-9-5-8(11(17)18)13-14-9/h1-5H,(H2,12,16)(H,17,18)(H2,13,14,15). The Hall–Kier alpha value is -2.88. The average Bonchev–Trinajstić information content (AvgIpc) is 2.87. The van der Waals surface area contributed by atoms with Crippen LogP contribution in [0, 0.1) is 0 Å². The number of aromatic amines is 1. The zero-order chi connectivity index (χ0) is 15.6. The van der Waals surface area contributed by atoms with Gasteiger partial charge in [-0.1, -0.05) is 0 Å². The summed E-state index contributed by atoms with van der Waals surface area (Å²) in [7, 11) is -3.95. The lowest BCUT2D eigenvalue weighted by Gasteiger charge is -2.05. The fraction of sp³-hybridized carbons (Fsp3) is 0. The van der Waals surface area contributed by atoms with Crippen molar-refractivity contribution in [2.24, 2.45) is 5.73 Å². The van der Waals surface area contributed by atoms with Crippen LogP contribution in [0.15, 0.2) is 35.2 Å². The maximum absolute atomic E-state index is 12.0. The molecule has 21 heavy (non-hydrogen) atoms. The van der Waals surface area contributed by atoms with Gasteiger partial charge in [0.05, 0.1) is 4.90 Å². The molecule has 110 valence electrons. The van der Waals surface area contributed by atoms with Crippen LogP contribution >= 0.6 is 0 Å². The second-order valence-electron chi connectivity index (χ2n) is 3.97. The predicted molar refractivity (Wildman–Crippen MR) is 71.3 cm³/mol. The first-order valence-electron chi connectivity index (χ1n) is 5.51. The van der Waals surface area contributed by atoms with Gasteiger partial charge >= 0.3 is 5.97 Å². The van der Waals surface area contributed by atoms with Gasteiger partial charge in [-0.15, -0.1) is 0 Å². The summed E-state index contributed by atoms with van der Waals surface area (Å²) in [5.41, 5.74) is 4.97. The van der Waals surface area contributed by atoms with Crippen molar-refractivity contribution < 1.29 is 23.1 Å². The number of aromatic nitrogens is 2. The van der Waals surface area contributed by atoms with Crippen molar-refractivity contribution in [2.75, 3.05) is 4.72 Å². The van der Waals surface area contributed by atoms with Crippen LogP contribution in [0.5, 0.6) is 0 Å². The van der Waals surface area contributed by atoms with E-state index in [0.717, 1.165) is 6.07 Å². The van der Waals surface area contributed by atoms with Gasteiger partial charge in [0.1, 0.15) is 5.69 Å². The molecular formula is C11H10N4O5S. The highest BCUT2D eigenvalue weighted by Crippen LogP contribution is 2.15. The first kappa shape index (κ1) is 14.5. The minimum atomic E-state index is -3.95. The smallest absolute Gasteiger partial charge is 0.353 e. The number of hydrogen-bond acceptors (Lipinski definition) is 5. The highest BCUT2D eigenvalue weighted by molar-refractivity contribution is 7.92. The maximum atomic E-state index is 12.0. The van der Waals surface area contributed by atoms with Crippen LogP contribution < -0.4 is 10.5 Å². The highest BCUT2D eigenvalue weighted by atomic mass is 32.2. The second kappa shape index (κ2) is 5.25. The number of carbonyl (C=O) groups is 2. The van der Waals surface area contributed by atoms with E-state index in [1.165, 1.54) is 24.3 Å². The van der Waals surface area contributed by atoms with Crippen LogP contribution in [0.4, 0.5) is 5.82 Å². The van der Waals surface area contributed by atoms with E-state index in [2.05, 4.69) is 14.9 Å². The zero-order valence-corrected chi connectivity index (χ0v) is 11.2. The topological polar surface area (TPSA) is 155 Å². The molecule has 0 aliphatic heterocycles. The predicted octanol–water partition coefficient (Wildman–Crippen LogP) is 0.00760. The molecule has 0 aliphatic rings. The van der Waals surface area contributed by atoms with Gasteiger partial charge in [-0.05, 0) is 24.3 Å². The molecule has 0 aliphatic carbocycles. The average molecular weight is 310 g/mol. The molecular weight excluding hydrogens is 300 g/mol. The van der Waals surface area contributed by atoms with Crippen molar-refractivity contribution in [2.45, 2.75) is 4.90 Å². The van der Waals surface area contributed by atoms with E-state index in [1.807, 2.05) is 0 Å². The monoisotopic (exact) mass is 310 g/mol. The summed E-state index contributed by atoms with van der Waals surface area (Å²) in [6.07, 6.45) is 0. The number of nitrogens with two attached hydrogens (primary N) is 1. The number of nitrogens with zero attached hydrogens (tertiary/aromatic N) is 1. The summed E-state index contributed by atoms with van der Waals surface area (Å²) in [6.45, 7) is 0. The summed E-state index contributed by atoms with van der Waals surface area (Å²) in [6, 6.07) is 5.98. The summed E-state index contributed by atoms with van der Waals surface area (Å²) >= 11 is 0. The Kier molecular flexibility index (Phi) is 3.63. The number of amides is 1. The van der Waals surface area contributed by atoms with Crippen LogP contribution in [0.1, 0.15) is 20.8 Å². The molecule has 0 saturated carbocycles. The molecule has 1 aromatic carbocycles. The molecule has 10 heteroatoms. The number of sulfonamides is 1. The van der Waals surface area contributed by atoms with E-state index in [-0.39, 0.29) is 22.0 Å². The maximum Gasteiger partial charge on any atom is 0.353 e. The first-order chi connectivity index (χ1) is 9.79. The molecule has 0 unspecified atom stereocenters. The van der Waals surface area contributed by atoms with Gasteiger partial charge in [0.25, 0.3) is 10.0 Å². The number of hydrogen-bond donors (Lipinski definition) is 4. The van der Waals surface area contributed by atoms with E-state index < -0.39 is 21.9 Å². The van der Waals surface area contributed by atoms with Crippen LogP contribution in [0.25, 0.3) is 0 Å². The summed E-state index contributed by atoms with van der Waals surface area (Å²) in [5.74, 6) is -2.10. The number of primary amides is 1. The summed E-state index contributed by atoms with van der Waals surface area (Å²) in [4.78, 5) is 21.4. The number of anilines is 1. The molecule has 0 atom stereocenters. The molecule has 2 rings (SSSR count). The normalized spacial score (nSPS) is 11.0. The van der Waals surface area contributed by atoms with Gasteiger partial charge in [-0.25, -0.2) is 13.2 Å². The number of rotatable bonds is 5. The lowest BCUT2D eigenvalue weighted by atomic mass is 10.2. The van der Waals surface area contributed by atoms with Crippen molar-refractivity contribution in [3.63, 3.8) is 0 Å². The zero-order valence-electron chi connectivity index (χ0n) is 10.4. The number of nitrogens with one attached hydrogen (secondary N) is 2. The van der Waals surface area contributed by atoms with Gasteiger partial charge in [-0.3, -0.25) is 14.6 Å². The fourth-order valence-electron chi connectivity index (χ4n) is 1.48. The lowest BCUT2D eigenvalue weighted by molar-refractivity contribution is 0.0690. The van der Waals surface area contributed by atoms with E-state index >= 15 is 0 Å². The Morgan fingerprint density at radius 3 is 2.33 bits per heavy atom. The number of H-pyrrole nitrogens is 1. The Labute approximate surface area is 118 Å². The van der Waals surface area contributed by atoms with Crippen LogP contribution in [0.3, 0.4) is 0 Å². The third kappa shape index (κ3) is 3.17. The van der Waals surface area contributed by atoms with Crippen molar-refractivity contribution in [3.05, 3.63) is 41.6 Å². The number of aromatic carboxylic acids is 1. The van der Waals surface area contributed by atoms with E-state index in [0.29, 0.717) is 0 Å². The van der Waals surface area contributed by atoms with E-state index in [1.54, 1.807) is 0 Å². The number of benzene rings is 1. The number of carbonyl (C=O) groups excluding carboxylic acids is 1. The molecule has 0 saturated heterocycles. The van der Waals surface area contributed by atoms with Gasteiger partial charge in [0.2, 0.25) is 5.91 Å². The van der Waals surface area contributed by atoms with Crippen molar-refractivity contribution in [3.8, 4) is 0 Å². The third-order valence-electron chi connectivity index (χ3n) is 2.50. The van der Waals surface area contributed by atoms with Crippen LogP contribution in [-0.2, 0) is 10.0 Å². The SMILES string of the molecule is NC(=O)c1ccc(S(=O)(=O)Nc2cc(C(=O)O)[nH]n2)cc1. The molecule has 9 nitrogen and oxygen atoms in total. The van der Waals surface area contributed by atoms with Gasteiger partial charge in [0.15, 0.2) is 5.82 Å². The second-order valence-corrected chi connectivity index (χ2v) is 5.65. The fourth-order valence-corrected chi connectivity index (χ4v) is 2.47. The molecule has 0 radical (unpaired) electrons. The molecule has 1 amide bonds. The van der Waals surface area contributed by atoms with Gasteiger partial charge in [-0.2, -0.15) is 5.10 Å². The molecule has 1 heterocycles. The van der Waals surface area contributed by atoms with Gasteiger partial charge < -0.3 is 10.8 Å². The quantitative estimate of drug-likeness (QED) is 0.609. The minimum absolute atomic E-state index is 0.118. The minimum Gasteiger partial charge on any atom is -0.477 e. The summed E-state index contributed by atoms with van der Waals surface area (Å²) in [5, 5.41) is 14.4. The number of carboxylic acids is 1. The molecule has 5 N–H and O–H groups in total. The summed E-state index contributed by atoms with van der Waals surface area (Å²) < 4.78 is 26.2. The molecule has 0 spiro atoms. The van der Waals surface area contributed by atoms with Gasteiger partial charge in [0, 0.05) is 11.6 Å². The molecule has 2 aromatic rings. The molecule has 0 bridgehead atoms. The van der Waals surface area contributed by atoms with Crippen LogP contribution in [0.2, 0.25) is 0 Å². The lowest BCUT2D eigenvalue weighted by Crippen LogP contribution is -2.14. The molecule has 1 aromatic heterocycles. The van der Waals surface area contributed by atoms with Crippen LogP contribution in [-0.4, -0.2) is 35.6 Å². The van der Waals surface area contributed by atoms with E-state index in [9.17, 15) is 18.0 Å². The Morgan fingerprint density at radius 1 is 1.24 bits per heavy atom. The third-order valence-corrected chi connectivity index (χ3v) is 3.87. The largest absolute Gasteiger partial charge is 0.477 e. The van der Waals surface area contributed by atoms with E-state index in [4.69, 9.17) is 10.8 Å². The highest BCUT2D eigenvalue weighted by Gasteiger charge is 2.17. The Balaban J connectivity index is 2.24. The van der Waals surface area contributed by atoms with Crippen molar-refractivity contribution in [1.29, 1.82) is 0 Å². The van der Waals surface area contributed by atoms with Crippen molar-refractivity contribution >= 4 is 27.7 Å².